The molecule has 0 spiro atoms. The number of benzene rings is 1. The van der Waals surface area contributed by atoms with Crippen molar-refractivity contribution in [1.82, 2.24) is 5.32 Å². The minimum absolute atomic E-state index is 0.0992. The third kappa shape index (κ3) is 5.38. The molecule has 2 N–H and O–H groups in total. The van der Waals surface area contributed by atoms with E-state index in [4.69, 9.17) is 4.74 Å². The molecule has 2 unspecified atom stereocenters. The number of rotatable bonds is 8. The molecule has 4 nitrogen and oxygen atoms in total. The highest BCUT2D eigenvalue weighted by molar-refractivity contribution is 5.78. The van der Waals surface area contributed by atoms with Gasteiger partial charge in [0.1, 0.15) is 11.3 Å². The molecule has 0 amide bonds. The maximum Gasteiger partial charge on any atom is 0.323 e. The lowest BCUT2D eigenvalue weighted by Gasteiger charge is -2.31. The predicted octanol–water partition coefficient (Wildman–Crippen LogP) is 3.25. The molecule has 1 rings (SSSR count). The first-order valence-electron chi connectivity index (χ1n) is 7.53. The van der Waals surface area contributed by atoms with Crippen molar-refractivity contribution >= 4 is 5.97 Å². The Balaban J connectivity index is 2.68. The number of nitrogens with one attached hydrogen (secondary N) is 1. The SMILES string of the molecule is CCc1ccc(OC(C)CC(C)(NC(C)C)C(=O)O)cc1. The maximum absolute atomic E-state index is 11.5. The first-order valence-corrected chi connectivity index (χ1v) is 7.53. The van der Waals surface area contributed by atoms with E-state index in [1.165, 1.54) is 5.56 Å². The van der Waals surface area contributed by atoms with Crippen LogP contribution in [0.15, 0.2) is 24.3 Å². The Morgan fingerprint density at radius 1 is 1.29 bits per heavy atom. The highest BCUT2D eigenvalue weighted by atomic mass is 16.5. The molecule has 2 atom stereocenters. The summed E-state index contributed by atoms with van der Waals surface area (Å²) in [5.41, 5.74) is 0.267. The second-order valence-electron chi connectivity index (χ2n) is 6.07. The van der Waals surface area contributed by atoms with E-state index < -0.39 is 11.5 Å². The molecule has 118 valence electrons. The lowest BCUT2D eigenvalue weighted by molar-refractivity contribution is -0.145. The molecule has 0 saturated carbocycles. The van der Waals surface area contributed by atoms with Crippen molar-refractivity contribution in [2.24, 2.45) is 0 Å². The summed E-state index contributed by atoms with van der Waals surface area (Å²) in [6.07, 6.45) is 1.20. The molecule has 0 radical (unpaired) electrons. The zero-order valence-electron chi connectivity index (χ0n) is 13.6. The highest BCUT2D eigenvalue weighted by Gasteiger charge is 2.35. The van der Waals surface area contributed by atoms with Gasteiger partial charge in [-0.1, -0.05) is 19.1 Å². The fourth-order valence-corrected chi connectivity index (χ4v) is 2.50. The highest BCUT2D eigenvalue weighted by Crippen LogP contribution is 2.20. The van der Waals surface area contributed by atoms with Gasteiger partial charge in [-0.25, -0.2) is 0 Å². The number of carboxylic acid groups (broad SMARTS) is 1. The van der Waals surface area contributed by atoms with Gasteiger partial charge in [0.15, 0.2) is 0 Å². The number of hydrogen-bond acceptors (Lipinski definition) is 3. The van der Waals surface area contributed by atoms with Crippen LogP contribution in [-0.4, -0.2) is 28.8 Å². The van der Waals surface area contributed by atoms with Crippen LogP contribution in [0.4, 0.5) is 0 Å². The lowest BCUT2D eigenvalue weighted by atomic mass is 9.94. The average Bonchev–Trinajstić information content (AvgIpc) is 2.38. The van der Waals surface area contributed by atoms with E-state index in [-0.39, 0.29) is 12.1 Å². The number of hydrogen-bond donors (Lipinski definition) is 2. The Labute approximate surface area is 127 Å². The molecule has 0 aliphatic heterocycles. The molecule has 1 aromatic carbocycles. The van der Waals surface area contributed by atoms with Crippen LogP contribution in [0.2, 0.25) is 0 Å². The summed E-state index contributed by atoms with van der Waals surface area (Å²) in [5.74, 6) is -0.0787. The summed E-state index contributed by atoms with van der Waals surface area (Å²) < 4.78 is 5.84. The Morgan fingerprint density at radius 2 is 1.86 bits per heavy atom. The summed E-state index contributed by atoms with van der Waals surface area (Å²) >= 11 is 0. The van der Waals surface area contributed by atoms with Crippen LogP contribution in [0.25, 0.3) is 0 Å². The molecular weight excluding hydrogens is 266 g/mol. The standard InChI is InChI=1S/C17H27NO3/c1-6-14-7-9-15(10-8-14)21-13(4)11-17(5,16(19)20)18-12(2)3/h7-10,12-13,18H,6,11H2,1-5H3,(H,19,20). The Morgan fingerprint density at radius 3 is 2.29 bits per heavy atom. The molecule has 0 aliphatic carbocycles. The monoisotopic (exact) mass is 293 g/mol. The second kappa shape index (κ2) is 7.46. The van der Waals surface area contributed by atoms with Crippen molar-refractivity contribution < 1.29 is 14.6 Å². The van der Waals surface area contributed by atoms with Crippen LogP contribution < -0.4 is 10.1 Å². The number of carboxylic acids is 1. The van der Waals surface area contributed by atoms with Gasteiger partial charge in [0.25, 0.3) is 0 Å². The average molecular weight is 293 g/mol. The van der Waals surface area contributed by atoms with E-state index in [0.29, 0.717) is 6.42 Å². The zero-order valence-corrected chi connectivity index (χ0v) is 13.6. The topological polar surface area (TPSA) is 58.6 Å². The molecule has 0 heterocycles. The van der Waals surface area contributed by atoms with Crippen LogP contribution in [0.1, 0.15) is 46.6 Å². The third-order valence-electron chi connectivity index (χ3n) is 3.44. The molecule has 0 fully saturated rings. The number of aryl methyl sites for hydroxylation is 1. The Bertz CT molecular complexity index is 456. The van der Waals surface area contributed by atoms with E-state index in [0.717, 1.165) is 12.2 Å². The fourth-order valence-electron chi connectivity index (χ4n) is 2.50. The van der Waals surface area contributed by atoms with Gasteiger partial charge < -0.3 is 9.84 Å². The van der Waals surface area contributed by atoms with Crippen molar-refractivity contribution in [3.8, 4) is 5.75 Å². The normalized spacial score (nSPS) is 15.5. The summed E-state index contributed by atoms with van der Waals surface area (Å²) in [5, 5.41) is 12.6. The Kier molecular flexibility index (Phi) is 6.21. The van der Waals surface area contributed by atoms with E-state index >= 15 is 0 Å². The third-order valence-corrected chi connectivity index (χ3v) is 3.44. The summed E-state index contributed by atoms with van der Waals surface area (Å²) in [6.45, 7) is 9.59. The van der Waals surface area contributed by atoms with Crippen LogP contribution in [0.5, 0.6) is 5.75 Å². The minimum Gasteiger partial charge on any atom is -0.491 e. The van der Waals surface area contributed by atoms with Gasteiger partial charge in [-0.2, -0.15) is 0 Å². The van der Waals surface area contributed by atoms with E-state index in [1.54, 1.807) is 6.92 Å². The van der Waals surface area contributed by atoms with Crippen LogP contribution >= 0.6 is 0 Å². The van der Waals surface area contributed by atoms with Crippen molar-refractivity contribution in [3.05, 3.63) is 29.8 Å². The summed E-state index contributed by atoms with van der Waals surface area (Å²) in [7, 11) is 0. The first kappa shape index (κ1) is 17.5. The van der Waals surface area contributed by atoms with Crippen molar-refractivity contribution in [1.29, 1.82) is 0 Å². The smallest absolute Gasteiger partial charge is 0.323 e. The molecule has 0 bridgehead atoms. The van der Waals surface area contributed by atoms with E-state index in [1.807, 2.05) is 45.0 Å². The first-order chi connectivity index (χ1) is 9.76. The molecule has 0 aromatic heterocycles. The van der Waals surface area contributed by atoms with Gasteiger partial charge in [-0.15, -0.1) is 0 Å². The molecule has 21 heavy (non-hydrogen) atoms. The van der Waals surface area contributed by atoms with Crippen molar-refractivity contribution in [2.45, 2.75) is 65.1 Å². The summed E-state index contributed by atoms with van der Waals surface area (Å²) in [4.78, 5) is 11.5. The molecule has 1 aromatic rings. The Hall–Kier alpha value is -1.55. The van der Waals surface area contributed by atoms with Gasteiger partial charge in [0.05, 0.1) is 6.10 Å². The van der Waals surface area contributed by atoms with Crippen LogP contribution in [0.3, 0.4) is 0 Å². The number of aliphatic carboxylic acids is 1. The molecule has 0 aliphatic rings. The lowest BCUT2D eigenvalue weighted by Crippen LogP contribution is -2.54. The quantitative estimate of drug-likeness (QED) is 0.772. The van der Waals surface area contributed by atoms with Gasteiger partial charge >= 0.3 is 5.97 Å². The molecule has 0 saturated heterocycles. The van der Waals surface area contributed by atoms with Crippen molar-refractivity contribution in [3.63, 3.8) is 0 Å². The fraction of sp³-hybridized carbons (Fsp3) is 0.588. The molecule has 4 heteroatoms. The second-order valence-corrected chi connectivity index (χ2v) is 6.07. The zero-order chi connectivity index (χ0) is 16.0. The van der Waals surface area contributed by atoms with Gasteiger partial charge in [-0.05, 0) is 51.8 Å². The molecular formula is C17H27NO3. The summed E-state index contributed by atoms with van der Waals surface area (Å²) in [6, 6.07) is 8.03. The van der Waals surface area contributed by atoms with Crippen molar-refractivity contribution in [2.75, 3.05) is 0 Å². The van der Waals surface area contributed by atoms with Crippen LogP contribution in [-0.2, 0) is 11.2 Å². The van der Waals surface area contributed by atoms with E-state index in [9.17, 15) is 9.90 Å². The predicted molar refractivity (Wildman–Crippen MR) is 84.8 cm³/mol. The van der Waals surface area contributed by atoms with Crippen LogP contribution in [0, 0.1) is 0 Å². The van der Waals surface area contributed by atoms with Gasteiger partial charge in [0.2, 0.25) is 0 Å². The number of carbonyl (C=O) groups is 1. The van der Waals surface area contributed by atoms with Gasteiger partial charge in [0, 0.05) is 12.5 Å². The van der Waals surface area contributed by atoms with E-state index in [2.05, 4.69) is 12.2 Å². The number of ether oxygens (including phenoxy) is 1. The largest absolute Gasteiger partial charge is 0.491 e. The van der Waals surface area contributed by atoms with Gasteiger partial charge in [-0.3, -0.25) is 10.1 Å². The minimum atomic E-state index is -0.989. The maximum atomic E-state index is 11.5.